The molecule has 4 rings (SSSR count). The Kier molecular flexibility index (Phi) is 4.48. The third kappa shape index (κ3) is 3.60. The molecule has 2 N–H and O–H groups in total. The quantitative estimate of drug-likeness (QED) is 0.677. The van der Waals surface area contributed by atoms with Crippen LogP contribution in [0, 0.1) is 0 Å². The Morgan fingerprint density at radius 2 is 1.93 bits per heavy atom. The zero-order valence-electron chi connectivity index (χ0n) is 14.3. The maximum atomic E-state index is 12.6. The minimum Gasteiger partial charge on any atom is -0.478 e. The first-order valence-electron chi connectivity index (χ1n) is 8.44. The SMILES string of the molecule is O=C(O)c1cccc(S(=O)(=O)Nc2ccc3nc(N4CCCC4)sc3c2)c1. The Balaban J connectivity index is 1.62. The molecule has 7 nitrogen and oxygen atoms in total. The summed E-state index contributed by atoms with van der Waals surface area (Å²) in [6.45, 7) is 2.00. The molecule has 3 aromatic rings. The molecule has 1 aliphatic rings. The fourth-order valence-electron chi connectivity index (χ4n) is 3.03. The van der Waals surface area contributed by atoms with Gasteiger partial charge < -0.3 is 10.0 Å². The number of nitrogens with one attached hydrogen (secondary N) is 1. The van der Waals surface area contributed by atoms with Crippen molar-refractivity contribution >= 4 is 48.4 Å². The maximum Gasteiger partial charge on any atom is 0.335 e. The zero-order chi connectivity index (χ0) is 19.0. The van der Waals surface area contributed by atoms with Gasteiger partial charge in [0.25, 0.3) is 10.0 Å². The summed E-state index contributed by atoms with van der Waals surface area (Å²) in [6, 6.07) is 10.5. The average Bonchev–Trinajstić information content (AvgIpc) is 3.30. The topological polar surface area (TPSA) is 99.6 Å². The van der Waals surface area contributed by atoms with Crippen LogP contribution in [0.25, 0.3) is 10.2 Å². The van der Waals surface area contributed by atoms with Crippen molar-refractivity contribution in [1.29, 1.82) is 0 Å². The molecule has 140 valence electrons. The largest absolute Gasteiger partial charge is 0.478 e. The van der Waals surface area contributed by atoms with Gasteiger partial charge in [0, 0.05) is 13.1 Å². The minimum atomic E-state index is -3.89. The van der Waals surface area contributed by atoms with Crippen LogP contribution in [-0.4, -0.2) is 37.6 Å². The summed E-state index contributed by atoms with van der Waals surface area (Å²) in [4.78, 5) is 17.8. The summed E-state index contributed by atoms with van der Waals surface area (Å²) < 4.78 is 28.6. The van der Waals surface area contributed by atoms with E-state index in [2.05, 4.69) is 14.6 Å². The fourth-order valence-corrected chi connectivity index (χ4v) is 5.18. The predicted octanol–water partition coefficient (Wildman–Crippen LogP) is 3.40. The number of aromatic nitrogens is 1. The van der Waals surface area contributed by atoms with Gasteiger partial charge in [0.2, 0.25) is 0 Å². The van der Waals surface area contributed by atoms with E-state index in [0.717, 1.165) is 47.3 Å². The molecule has 2 aromatic carbocycles. The first-order chi connectivity index (χ1) is 12.9. The number of carbonyl (C=O) groups is 1. The third-order valence-corrected chi connectivity index (χ3v) is 6.86. The van der Waals surface area contributed by atoms with E-state index in [9.17, 15) is 13.2 Å². The molecule has 0 atom stereocenters. The number of nitrogens with zero attached hydrogens (tertiary/aromatic N) is 2. The highest BCUT2D eigenvalue weighted by atomic mass is 32.2. The molecular formula is C18H17N3O4S2. The number of rotatable bonds is 5. The molecule has 0 aliphatic carbocycles. The van der Waals surface area contributed by atoms with Gasteiger partial charge in [-0.05, 0) is 49.2 Å². The Morgan fingerprint density at radius 3 is 2.67 bits per heavy atom. The molecule has 2 heterocycles. The van der Waals surface area contributed by atoms with Gasteiger partial charge in [-0.15, -0.1) is 0 Å². The Bertz CT molecular complexity index is 1120. The fraction of sp³-hybridized carbons (Fsp3) is 0.222. The predicted molar refractivity (Wildman–Crippen MR) is 105 cm³/mol. The molecule has 0 saturated carbocycles. The number of benzene rings is 2. The highest BCUT2D eigenvalue weighted by Gasteiger charge is 2.19. The number of carboxylic acid groups (broad SMARTS) is 1. The van der Waals surface area contributed by atoms with Crippen LogP contribution in [-0.2, 0) is 10.0 Å². The van der Waals surface area contributed by atoms with E-state index in [1.165, 1.54) is 29.5 Å². The smallest absolute Gasteiger partial charge is 0.335 e. The molecule has 0 amide bonds. The lowest BCUT2D eigenvalue weighted by molar-refractivity contribution is 0.0696. The number of hydrogen-bond donors (Lipinski definition) is 2. The van der Waals surface area contributed by atoms with E-state index in [-0.39, 0.29) is 10.5 Å². The number of sulfonamides is 1. The highest BCUT2D eigenvalue weighted by molar-refractivity contribution is 7.92. The van der Waals surface area contributed by atoms with E-state index in [0.29, 0.717) is 5.69 Å². The number of anilines is 2. The molecule has 1 saturated heterocycles. The lowest BCUT2D eigenvalue weighted by atomic mass is 10.2. The molecular weight excluding hydrogens is 386 g/mol. The number of carboxylic acids is 1. The molecule has 0 spiro atoms. The summed E-state index contributed by atoms with van der Waals surface area (Å²) in [7, 11) is -3.89. The summed E-state index contributed by atoms with van der Waals surface area (Å²) in [5.74, 6) is -1.17. The second kappa shape index (κ2) is 6.82. The number of fused-ring (bicyclic) bond motifs is 1. The Hall–Kier alpha value is -2.65. The molecule has 1 aliphatic heterocycles. The molecule has 0 unspecified atom stereocenters. The monoisotopic (exact) mass is 403 g/mol. The van der Waals surface area contributed by atoms with Crippen LogP contribution in [0.1, 0.15) is 23.2 Å². The van der Waals surface area contributed by atoms with Gasteiger partial charge in [0.05, 0.1) is 26.4 Å². The van der Waals surface area contributed by atoms with Gasteiger partial charge in [-0.25, -0.2) is 18.2 Å². The van der Waals surface area contributed by atoms with Gasteiger partial charge in [0.15, 0.2) is 5.13 Å². The zero-order valence-corrected chi connectivity index (χ0v) is 15.9. The summed E-state index contributed by atoms with van der Waals surface area (Å²) in [5.41, 5.74) is 1.17. The van der Waals surface area contributed by atoms with Gasteiger partial charge in [-0.2, -0.15) is 0 Å². The lowest BCUT2D eigenvalue weighted by Crippen LogP contribution is -2.16. The van der Waals surface area contributed by atoms with E-state index in [1.54, 1.807) is 18.2 Å². The number of thiazole rings is 1. The van der Waals surface area contributed by atoms with Crippen LogP contribution in [0.2, 0.25) is 0 Å². The van der Waals surface area contributed by atoms with Gasteiger partial charge >= 0.3 is 5.97 Å². The van der Waals surface area contributed by atoms with Crippen LogP contribution in [0.3, 0.4) is 0 Å². The van der Waals surface area contributed by atoms with Gasteiger partial charge in [0.1, 0.15) is 0 Å². The number of aromatic carboxylic acids is 1. The van der Waals surface area contributed by atoms with Crippen LogP contribution < -0.4 is 9.62 Å². The summed E-state index contributed by atoms with van der Waals surface area (Å²) >= 11 is 1.54. The van der Waals surface area contributed by atoms with Crippen molar-refractivity contribution in [1.82, 2.24) is 4.98 Å². The van der Waals surface area contributed by atoms with E-state index < -0.39 is 16.0 Å². The van der Waals surface area contributed by atoms with Crippen molar-refractivity contribution in [2.24, 2.45) is 0 Å². The maximum absolute atomic E-state index is 12.6. The number of hydrogen-bond acceptors (Lipinski definition) is 6. The van der Waals surface area contributed by atoms with Crippen LogP contribution in [0.15, 0.2) is 47.4 Å². The van der Waals surface area contributed by atoms with Crippen molar-refractivity contribution in [2.75, 3.05) is 22.7 Å². The van der Waals surface area contributed by atoms with Crippen molar-refractivity contribution in [3.05, 3.63) is 48.0 Å². The Labute approximate surface area is 160 Å². The van der Waals surface area contributed by atoms with Gasteiger partial charge in [-0.3, -0.25) is 4.72 Å². The molecule has 1 aromatic heterocycles. The summed E-state index contributed by atoms with van der Waals surface area (Å²) in [6.07, 6.45) is 2.33. The van der Waals surface area contributed by atoms with Crippen molar-refractivity contribution < 1.29 is 18.3 Å². The summed E-state index contributed by atoms with van der Waals surface area (Å²) in [5, 5.41) is 10.0. The minimum absolute atomic E-state index is 0.0777. The molecule has 9 heteroatoms. The second-order valence-electron chi connectivity index (χ2n) is 6.31. The van der Waals surface area contributed by atoms with Gasteiger partial charge in [-0.1, -0.05) is 17.4 Å². The van der Waals surface area contributed by atoms with Crippen LogP contribution in [0.5, 0.6) is 0 Å². The van der Waals surface area contributed by atoms with Crippen molar-refractivity contribution in [3.63, 3.8) is 0 Å². The van der Waals surface area contributed by atoms with Crippen LogP contribution in [0.4, 0.5) is 10.8 Å². The first kappa shape index (κ1) is 17.7. The van der Waals surface area contributed by atoms with E-state index in [4.69, 9.17) is 5.11 Å². The Morgan fingerprint density at radius 1 is 1.15 bits per heavy atom. The standard InChI is InChI=1S/C18H17N3O4S2/c22-17(23)12-4-3-5-14(10-12)27(24,25)20-13-6-7-15-16(11-13)26-18(19-15)21-8-1-2-9-21/h3-7,10-11,20H,1-2,8-9H2,(H,22,23). The second-order valence-corrected chi connectivity index (χ2v) is 9.00. The normalized spacial score (nSPS) is 14.6. The average molecular weight is 403 g/mol. The van der Waals surface area contributed by atoms with E-state index in [1.807, 2.05) is 0 Å². The molecule has 0 radical (unpaired) electrons. The lowest BCUT2D eigenvalue weighted by Gasteiger charge is -2.11. The van der Waals surface area contributed by atoms with Crippen molar-refractivity contribution in [2.45, 2.75) is 17.7 Å². The highest BCUT2D eigenvalue weighted by Crippen LogP contribution is 2.32. The van der Waals surface area contributed by atoms with E-state index >= 15 is 0 Å². The van der Waals surface area contributed by atoms with Crippen LogP contribution >= 0.6 is 11.3 Å². The molecule has 1 fully saturated rings. The first-order valence-corrected chi connectivity index (χ1v) is 10.7. The van der Waals surface area contributed by atoms with Crippen molar-refractivity contribution in [3.8, 4) is 0 Å². The molecule has 27 heavy (non-hydrogen) atoms. The third-order valence-electron chi connectivity index (χ3n) is 4.40. The molecule has 0 bridgehead atoms.